The summed E-state index contributed by atoms with van der Waals surface area (Å²) in [5.74, 6) is 0.670. The standard InChI is InChI=1S/C12H21N3O2/c1-8(16)14-10-4-5-15(7-10)12(17)6-11(13)9-2-3-9/h9-11H,2-7,13H2,1H3,(H,14,16). The molecule has 2 unspecified atom stereocenters. The Labute approximate surface area is 102 Å². The topological polar surface area (TPSA) is 75.4 Å². The number of likely N-dealkylation sites (tertiary alicyclic amines) is 1. The molecule has 1 saturated carbocycles. The van der Waals surface area contributed by atoms with Gasteiger partial charge in [0, 0.05) is 38.5 Å². The van der Waals surface area contributed by atoms with Gasteiger partial charge in [0.15, 0.2) is 0 Å². The lowest BCUT2D eigenvalue weighted by Gasteiger charge is -2.19. The zero-order valence-electron chi connectivity index (χ0n) is 10.3. The average molecular weight is 239 g/mol. The second-order valence-electron chi connectivity index (χ2n) is 5.23. The van der Waals surface area contributed by atoms with Crippen molar-refractivity contribution in [3.05, 3.63) is 0 Å². The maximum atomic E-state index is 12.0. The van der Waals surface area contributed by atoms with Crippen molar-refractivity contribution in [2.24, 2.45) is 11.7 Å². The number of nitrogens with one attached hydrogen (secondary N) is 1. The lowest BCUT2D eigenvalue weighted by molar-refractivity contribution is -0.131. The summed E-state index contributed by atoms with van der Waals surface area (Å²) in [6.45, 7) is 2.88. The molecular formula is C12H21N3O2. The van der Waals surface area contributed by atoms with Gasteiger partial charge in [0.05, 0.1) is 0 Å². The minimum atomic E-state index is -0.0287. The normalized spacial score (nSPS) is 25.8. The number of carbonyl (C=O) groups is 2. The van der Waals surface area contributed by atoms with Crippen LogP contribution in [0.5, 0.6) is 0 Å². The van der Waals surface area contributed by atoms with Crippen molar-refractivity contribution >= 4 is 11.8 Å². The second-order valence-corrected chi connectivity index (χ2v) is 5.23. The van der Waals surface area contributed by atoms with Gasteiger partial charge in [-0.2, -0.15) is 0 Å². The van der Waals surface area contributed by atoms with Gasteiger partial charge in [0.2, 0.25) is 11.8 Å². The van der Waals surface area contributed by atoms with Gasteiger partial charge < -0.3 is 16.0 Å². The van der Waals surface area contributed by atoms with E-state index >= 15 is 0 Å². The molecule has 0 spiro atoms. The molecule has 1 heterocycles. The lowest BCUT2D eigenvalue weighted by atomic mass is 10.1. The van der Waals surface area contributed by atoms with Crippen molar-refractivity contribution in [3.63, 3.8) is 0 Å². The fourth-order valence-corrected chi connectivity index (χ4v) is 2.41. The van der Waals surface area contributed by atoms with Crippen LogP contribution < -0.4 is 11.1 Å². The molecule has 0 aromatic rings. The highest BCUT2D eigenvalue weighted by Crippen LogP contribution is 2.33. The molecule has 17 heavy (non-hydrogen) atoms. The van der Waals surface area contributed by atoms with Crippen molar-refractivity contribution in [2.45, 2.75) is 44.7 Å². The van der Waals surface area contributed by atoms with E-state index in [1.165, 1.54) is 19.8 Å². The number of nitrogens with zero attached hydrogens (tertiary/aromatic N) is 1. The molecular weight excluding hydrogens is 218 g/mol. The van der Waals surface area contributed by atoms with Crippen LogP contribution >= 0.6 is 0 Å². The van der Waals surface area contributed by atoms with Crippen LogP contribution in [-0.4, -0.2) is 41.9 Å². The molecule has 2 amide bonds. The van der Waals surface area contributed by atoms with E-state index in [-0.39, 0.29) is 23.9 Å². The predicted octanol–water partition coefficient (Wildman–Crippen LogP) is -0.149. The minimum Gasteiger partial charge on any atom is -0.352 e. The Bertz CT molecular complexity index is 315. The summed E-state index contributed by atoms with van der Waals surface area (Å²) in [5.41, 5.74) is 5.95. The fraction of sp³-hybridized carbons (Fsp3) is 0.833. The molecule has 1 aliphatic heterocycles. The SMILES string of the molecule is CC(=O)NC1CCN(C(=O)CC(N)C2CC2)C1. The van der Waals surface area contributed by atoms with E-state index in [0.717, 1.165) is 13.0 Å². The van der Waals surface area contributed by atoms with E-state index in [2.05, 4.69) is 5.32 Å². The first-order chi connectivity index (χ1) is 8.06. The Kier molecular flexibility index (Phi) is 3.66. The van der Waals surface area contributed by atoms with Crippen LogP contribution in [0.2, 0.25) is 0 Å². The van der Waals surface area contributed by atoms with Crippen LogP contribution in [0.4, 0.5) is 0 Å². The van der Waals surface area contributed by atoms with E-state index < -0.39 is 0 Å². The Morgan fingerprint density at radius 2 is 2.12 bits per heavy atom. The zero-order valence-corrected chi connectivity index (χ0v) is 10.3. The van der Waals surface area contributed by atoms with E-state index in [1.54, 1.807) is 0 Å². The van der Waals surface area contributed by atoms with Crippen molar-refractivity contribution in [2.75, 3.05) is 13.1 Å². The molecule has 2 fully saturated rings. The highest BCUT2D eigenvalue weighted by molar-refractivity contribution is 5.78. The average Bonchev–Trinajstić information content (AvgIpc) is 2.99. The first-order valence-corrected chi connectivity index (χ1v) is 6.36. The number of hydrogen-bond acceptors (Lipinski definition) is 3. The Morgan fingerprint density at radius 1 is 1.41 bits per heavy atom. The van der Waals surface area contributed by atoms with Crippen LogP contribution in [0.1, 0.15) is 32.6 Å². The van der Waals surface area contributed by atoms with Crippen LogP contribution in [0, 0.1) is 5.92 Å². The number of carbonyl (C=O) groups excluding carboxylic acids is 2. The Balaban J connectivity index is 1.75. The molecule has 2 rings (SSSR count). The van der Waals surface area contributed by atoms with Crippen molar-refractivity contribution in [1.82, 2.24) is 10.2 Å². The summed E-state index contributed by atoms with van der Waals surface area (Å²) < 4.78 is 0. The molecule has 5 nitrogen and oxygen atoms in total. The third kappa shape index (κ3) is 3.43. The van der Waals surface area contributed by atoms with Gasteiger partial charge in [-0.05, 0) is 25.2 Å². The molecule has 2 atom stereocenters. The summed E-state index contributed by atoms with van der Waals surface area (Å²) in [7, 11) is 0. The first kappa shape index (κ1) is 12.4. The van der Waals surface area contributed by atoms with Crippen LogP contribution in [0.15, 0.2) is 0 Å². The first-order valence-electron chi connectivity index (χ1n) is 6.36. The number of amides is 2. The summed E-state index contributed by atoms with van der Waals surface area (Å²) in [6.07, 6.45) is 3.65. The number of hydrogen-bond donors (Lipinski definition) is 2. The van der Waals surface area contributed by atoms with Crippen molar-refractivity contribution in [1.29, 1.82) is 0 Å². The highest BCUT2D eigenvalue weighted by atomic mass is 16.2. The van der Waals surface area contributed by atoms with Crippen LogP contribution in [0.25, 0.3) is 0 Å². The van der Waals surface area contributed by atoms with Crippen LogP contribution in [0.3, 0.4) is 0 Å². The Hall–Kier alpha value is -1.10. The quantitative estimate of drug-likeness (QED) is 0.716. The maximum Gasteiger partial charge on any atom is 0.224 e. The lowest BCUT2D eigenvalue weighted by Crippen LogP contribution is -2.39. The van der Waals surface area contributed by atoms with Gasteiger partial charge in [-0.15, -0.1) is 0 Å². The van der Waals surface area contributed by atoms with Gasteiger partial charge in [0.1, 0.15) is 0 Å². The van der Waals surface area contributed by atoms with Gasteiger partial charge >= 0.3 is 0 Å². The molecule has 1 aliphatic carbocycles. The molecule has 5 heteroatoms. The van der Waals surface area contributed by atoms with Gasteiger partial charge in [0.25, 0.3) is 0 Å². The smallest absolute Gasteiger partial charge is 0.224 e. The fourth-order valence-electron chi connectivity index (χ4n) is 2.41. The molecule has 3 N–H and O–H groups in total. The van der Waals surface area contributed by atoms with E-state index in [9.17, 15) is 9.59 Å². The molecule has 2 aliphatic rings. The monoisotopic (exact) mass is 239 g/mol. The largest absolute Gasteiger partial charge is 0.352 e. The summed E-state index contributed by atoms with van der Waals surface area (Å²) in [6, 6.07) is 0.149. The number of nitrogens with two attached hydrogens (primary N) is 1. The third-order valence-electron chi connectivity index (χ3n) is 3.59. The highest BCUT2D eigenvalue weighted by Gasteiger charge is 2.33. The number of rotatable bonds is 4. The summed E-state index contributed by atoms with van der Waals surface area (Å²) >= 11 is 0. The predicted molar refractivity (Wildman–Crippen MR) is 64.1 cm³/mol. The summed E-state index contributed by atoms with van der Waals surface area (Å²) in [5, 5.41) is 2.85. The minimum absolute atomic E-state index is 0.0287. The molecule has 0 aromatic heterocycles. The maximum absolute atomic E-state index is 12.0. The molecule has 0 radical (unpaired) electrons. The van der Waals surface area contributed by atoms with E-state index in [4.69, 9.17) is 5.73 Å². The second kappa shape index (κ2) is 5.04. The molecule has 0 aromatic carbocycles. The van der Waals surface area contributed by atoms with Gasteiger partial charge in [-0.25, -0.2) is 0 Å². The van der Waals surface area contributed by atoms with Gasteiger partial charge in [-0.3, -0.25) is 9.59 Å². The Morgan fingerprint density at radius 3 is 2.71 bits per heavy atom. The third-order valence-corrected chi connectivity index (χ3v) is 3.59. The van der Waals surface area contributed by atoms with E-state index in [0.29, 0.717) is 18.9 Å². The van der Waals surface area contributed by atoms with Crippen molar-refractivity contribution in [3.8, 4) is 0 Å². The van der Waals surface area contributed by atoms with Crippen LogP contribution in [-0.2, 0) is 9.59 Å². The van der Waals surface area contributed by atoms with E-state index in [1.807, 2.05) is 4.90 Å². The molecule has 96 valence electrons. The van der Waals surface area contributed by atoms with Gasteiger partial charge in [-0.1, -0.05) is 0 Å². The molecule has 0 bridgehead atoms. The summed E-state index contributed by atoms with van der Waals surface area (Å²) in [4.78, 5) is 24.7. The zero-order chi connectivity index (χ0) is 12.4. The van der Waals surface area contributed by atoms with Crippen molar-refractivity contribution < 1.29 is 9.59 Å². The molecule has 1 saturated heterocycles.